The molecule has 0 aliphatic heterocycles. The van der Waals surface area contributed by atoms with Crippen LogP contribution in [-0.2, 0) is 18.7 Å². The molecule has 0 saturated heterocycles. The van der Waals surface area contributed by atoms with E-state index < -0.39 is 12.3 Å². The van der Waals surface area contributed by atoms with E-state index in [0.29, 0.717) is 0 Å². The molecule has 0 unspecified atom stereocenters. The summed E-state index contributed by atoms with van der Waals surface area (Å²) in [5.41, 5.74) is -0.644. The largest absolute Gasteiger partial charge is 0.368 e. The standard InChI is InChI=1S/C14H17Cl2O4P/c1-4-7-17-10-14(11-18-8-5-2,12-19-9-6-3)13-20-21(15)16/h1-3H,7-13H2. The third kappa shape index (κ3) is 10.8. The third-order valence-corrected chi connectivity index (χ3v) is 3.16. The van der Waals surface area contributed by atoms with E-state index in [9.17, 15) is 0 Å². The topological polar surface area (TPSA) is 36.9 Å². The van der Waals surface area contributed by atoms with Gasteiger partial charge < -0.3 is 18.7 Å². The van der Waals surface area contributed by atoms with Crippen molar-refractivity contribution in [2.24, 2.45) is 5.41 Å². The number of hydrogen-bond donors (Lipinski definition) is 0. The molecule has 0 aromatic heterocycles. The molecule has 0 amide bonds. The molecule has 116 valence electrons. The Morgan fingerprint density at radius 2 is 1.14 bits per heavy atom. The van der Waals surface area contributed by atoms with Crippen molar-refractivity contribution in [3.63, 3.8) is 0 Å². The van der Waals surface area contributed by atoms with Crippen LogP contribution in [0, 0.1) is 42.4 Å². The van der Waals surface area contributed by atoms with Gasteiger partial charge in [-0.05, 0) is 22.5 Å². The van der Waals surface area contributed by atoms with Gasteiger partial charge in [0.05, 0.1) is 31.8 Å². The highest BCUT2D eigenvalue weighted by molar-refractivity contribution is 8.00. The second-order valence-corrected chi connectivity index (χ2v) is 7.09. The van der Waals surface area contributed by atoms with Crippen molar-refractivity contribution in [3.8, 4) is 37.0 Å². The van der Waals surface area contributed by atoms with Crippen LogP contribution in [0.4, 0.5) is 0 Å². The minimum Gasteiger partial charge on any atom is -0.368 e. The molecule has 0 atom stereocenters. The first-order chi connectivity index (χ1) is 10.1. The van der Waals surface area contributed by atoms with E-state index in [1.165, 1.54) is 0 Å². The van der Waals surface area contributed by atoms with Gasteiger partial charge in [-0.1, -0.05) is 17.8 Å². The van der Waals surface area contributed by atoms with Crippen molar-refractivity contribution >= 4 is 29.3 Å². The fourth-order valence-corrected chi connectivity index (χ4v) is 2.08. The maximum absolute atomic E-state index is 5.66. The lowest BCUT2D eigenvalue weighted by Gasteiger charge is -2.32. The Labute approximate surface area is 137 Å². The van der Waals surface area contributed by atoms with Gasteiger partial charge in [0, 0.05) is 0 Å². The highest BCUT2D eigenvalue weighted by atomic mass is 35.9. The van der Waals surface area contributed by atoms with Crippen LogP contribution in [0.3, 0.4) is 0 Å². The number of ether oxygens (including phenoxy) is 3. The Hall–Kier alpha value is -0.470. The van der Waals surface area contributed by atoms with Gasteiger partial charge >= 0.3 is 0 Å². The fraction of sp³-hybridized carbons (Fsp3) is 0.571. The monoisotopic (exact) mass is 350 g/mol. The Kier molecular flexibility index (Phi) is 12.9. The van der Waals surface area contributed by atoms with E-state index in [1.54, 1.807) is 0 Å². The lowest BCUT2D eigenvalue weighted by molar-refractivity contribution is -0.0731. The van der Waals surface area contributed by atoms with Crippen molar-refractivity contribution in [1.82, 2.24) is 0 Å². The molecule has 0 fully saturated rings. The van der Waals surface area contributed by atoms with Crippen LogP contribution in [-0.4, -0.2) is 46.2 Å². The van der Waals surface area contributed by atoms with Gasteiger partial charge in [-0.15, -0.1) is 19.3 Å². The van der Waals surface area contributed by atoms with Gasteiger partial charge in [-0.2, -0.15) is 0 Å². The summed E-state index contributed by atoms with van der Waals surface area (Å²) in [5, 5.41) is 0. The van der Waals surface area contributed by atoms with Gasteiger partial charge in [0.25, 0.3) is 0 Å². The minimum atomic E-state index is -1.56. The molecule has 0 aromatic rings. The Balaban J connectivity index is 4.74. The number of hydrogen-bond acceptors (Lipinski definition) is 4. The molecule has 0 saturated carbocycles. The molecule has 0 aliphatic carbocycles. The van der Waals surface area contributed by atoms with Crippen LogP contribution < -0.4 is 0 Å². The first kappa shape index (κ1) is 20.5. The maximum atomic E-state index is 5.66. The number of halogens is 2. The van der Waals surface area contributed by atoms with Gasteiger partial charge in [0.2, 0.25) is 6.85 Å². The molecule has 0 N–H and O–H groups in total. The van der Waals surface area contributed by atoms with Crippen LogP contribution >= 0.6 is 29.3 Å². The predicted molar refractivity (Wildman–Crippen MR) is 86.0 cm³/mol. The smallest absolute Gasteiger partial charge is 0.225 e. The van der Waals surface area contributed by atoms with Crippen molar-refractivity contribution in [3.05, 3.63) is 0 Å². The van der Waals surface area contributed by atoms with Crippen LogP contribution in [0.15, 0.2) is 0 Å². The highest BCUT2D eigenvalue weighted by Crippen LogP contribution is 2.48. The average Bonchev–Trinajstić information content (AvgIpc) is 2.46. The predicted octanol–water partition coefficient (Wildman–Crippen LogP) is 2.64. The highest BCUT2D eigenvalue weighted by Gasteiger charge is 2.33. The van der Waals surface area contributed by atoms with E-state index in [0.717, 1.165) is 0 Å². The molecular formula is C14H17Cl2O4P. The van der Waals surface area contributed by atoms with Gasteiger partial charge in [0.15, 0.2) is 0 Å². The van der Waals surface area contributed by atoms with Crippen LogP contribution in [0.2, 0.25) is 0 Å². The van der Waals surface area contributed by atoms with Crippen molar-refractivity contribution < 1.29 is 18.7 Å². The molecule has 0 radical (unpaired) electrons. The van der Waals surface area contributed by atoms with E-state index in [4.69, 9.17) is 60.5 Å². The average molecular weight is 351 g/mol. The number of terminal acetylenes is 3. The molecule has 0 heterocycles. The summed E-state index contributed by atoms with van der Waals surface area (Å²) in [4.78, 5) is 0. The fourth-order valence-electron chi connectivity index (χ4n) is 1.42. The molecular weight excluding hydrogens is 334 g/mol. The molecule has 4 nitrogen and oxygen atoms in total. The zero-order chi connectivity index (χ0) is 16.0. The van der Waals surface area contributed by atoms with E-state index >= 15 is 0 Å². The molecule has 0 aliphatic rings. The summed E-state index contributed by atoms with van der Waals surface area (Å²) in [5.74, 6) is 7.15. The van der Waals surface area contributed by atoms with E-state index in [-0.39, 0.29) is 46.2 Å². The van der Waals surface area contributed by atoms with Crippen LogP contribution in [0.1, 0.15) is 0 Å². The lowest BCUT2D eigenvalue weighted by atomic mass is 9.92. The van der Waals surface area contributed by atoms with Crippen LogP contribution in [0.5, 0.6) is 0 Å². The zero-order valence-corrected chi connectivity index (χ0v) is 13.9. The molecule has 0 bridgehead atoms. The van der Waals surface area contributed by atoms with Crippen LogP contribution in [0.25, 0.3) is 0 Å². The van der Waals surface area contributed by atoms with E-state index in [1.807, 2.05) is 0 Å². The Morgan fingerprint density at radius 3 is 1.43 bits per heavy atom. The van der Waals surface area contributed by atoms with Crippen molar-refractivity contribution in [2.45, 2.75) is 0 Å². The maximum Gasteiger partial charge on any atom is 0.225 e. The Bertz CT molecular complexity index is 345. The third-order valence-electron chi connectivity index (χ3n) is 2.25. The lowest BCUT2D eigenvalue weighted by Crippen LogP contribution is -2.41. The zero-order valence-electron chi connectivity index (χ0n) is 11.5. The Morgan fingerprint density at radius 1 is 0.762 bits per heavy atom. The molecule has 0 rings (SSSR count). The van der Waals surface area contributed by atoms with Gasteiger partial charge in [-0.25, -0.2) is 0 Å². The first-order valence-electron chi connectivity index (χ1n) is 5.88. The minimum absolute atomic E-state index is 0.155. The van der Waals surface area contributed by atoms with E-state index in [2.05, 4.69) is 17.8 Å². The van der Waals surface area contributed by atoms with Gasteiger partial charge in [-0.3, -0.25) is 0 Å². The number of rotatable bonds is 12. The summed E-state index contributed by atoms with van der Waals surface area (Å²) >= 11 is 11.3. The molecule has 0 spiro atoms. The summed E-state index contributed by atoms with van der Waals surface area (Å²) in [6, 6.07) is 0. The van der Waals surface area contributed by atoms with Crippen molar-refractivity contribution in [1.29, 1.82) is 0 Å². The SMILES string of the molecule is C#CCOCC(COCC#C)(COCC#C)COP(Cl)Cl. The summed E-state index contributed by atoms with van der Waals surface area (Å²) < 4.78 is 21.5. The summed E-state index contributed by atoms with van der Waals surface area (Å²) in [7, 11) is 0. The molecule has 7 heteroatoms. The second-order valence-electron chi connectivity index (χ2n) is 4.07. The first-order valence-corrected chi connectivity index (χ1v) is 8.95. The second kappa shape index (κ2) is 13.2. The summed E-state index contributed by atoms with van der Waals surface area (Å²) in [6.45, 7) is -0.208. The van der Waals surface area contributed by atoms with Gasteiger partial charge in [0.1, 0.15) is 19.8 Å². The molecule has 0 aromatic carbocycles. The van der Waals surface area contributed by atoms with Crippen molar-refractivity contribution in [2.75, 3.05) is 46.2 Å². The quantitative estimate of drug-likeness (QED) is 0.308. The summed E-state index contributed by atoms with van der Waals surface area (Å²) in [6.07, 6.45) is 15.5. The normalized spacial score (nSPS) is 10.9. The molecule has 21 heavy (non-hydrogen) atoms.